The van der Waals surface area contributed by atoms with Crippen molar-refractivity contribution in [1.82, 2.24) is 15.1 Å². The molecule has 0 saturated carbocycles. The third kappa shape index (κ3) is 2.67. The fraction of sp³-hybridized carbons (Fsp3) is 0.400. The highest BCUT2D eigenvalue weighted by Gasteiger charge is 2.23. The summed E-state index contributed by atoms with van der Waals surface area (Å²) in [6.45, 7) is 4.75. The summed E-state index contributed by atoms with van der Waals surface area (Å²) in [6, 6.07) is 4.67. The Hall–Kier alpha value is -1.88. The number of ether oxygens (including phenoxy) is 1. The Kier molecular flexibility index (Phi) is 4.39. The molecule has 108 valence electrons. The molecule has 0 spiro atoms. The first kappa shape index (κ1) is 14.5. The summed E-state index contributed by atoms with van der Waals surface area (Å²) in [5, 5.41) is 7.60. The van der Waals surface area contributed by atoms with Gasteiger partial charge in [-0.05, 0) is 36.7 Å². The van der Waals surface area contributed by atoms with Crippen LogP contribution in [0, 0.1) is 12.7 Å². The number of methoxy groups -OCH3 is 1. The zero-order chi connectivity index (χ0) is 14.7. The summed E-state index contributed by atoms with van der Waals surface area (Å²) in [5.41, 5.74) is 2.82. The van der Waals surface area contributed by atoms with Crippen LogP contribution in [0.4, 0.5) is 4.39 Å². The topological polar surface area (TPSA) is 39.1 Å². The molecule has 0 amide bonds. The van der Waals surface area contributed by atoms with Crippen molar-refractivity contribution in [2.75, 3.05) is 13.7 Å². The van der Waals surface area contributed by atoms with Crippen LogP contribution >= 0.6 is 0 Å². The molecule has 0 radical (unpaired) electrons. The van der Waals surface area contributed by atoms with Gasteiger partial charge in [-0.2, -0.15) is 5.10 Å². The van der Waals surface area contributed by atoms with E-state index in [9.17, 15) is 4.39 Å². The molecular formula is C15H20FN3O. The molecule has 2 aromatic rings. The quantitative estimate of drug-likeness (QED) is 0.913. The Morgan fingerprint density at radius 3 is 2.85 bits per heavy atom. The van der Waals surface area contributed by atoms with Gasteiger partial charge < -0.3 is 10.1 Å². The predicted molar refractivity (Wildman–Crippen MR) is 76.4 cm³/mol. The lowest BCUT2D eigenvalue weighted by Crippen LogP contribution is -2.25. The average Bonchev–Trinajstić information content (AvgIpc) is 2.80. The molecule has 2 rings (SSSR count). The number of nitrogens with zero attached hydrogens (tertiary/aromatic N) is 2. The molecule has 0 aliphatic heterocycles. The zero-order valence-corrected chi connectivity index (χ0v) is 12.3. The fourth-order valence-corrected chi connectivity index (χ4v) is 2.39. The van der Waals surface area contributed by atoms with Crippen LogP contribution in [-0.4, -0.2) is 23.4 Å². The van der Waals surface area contributed by atoms with Crippen LogP contribution in [0.25, 0.3) is 0 Å². The molecule has 1 atom stereocenters. The molecule has 1 aromatic heterocycles. The van der Waals surface area contributed by atoms with Gasteiger partial charge in [-0.15, -0.1) is 0 Å². The molecule has 20 heavy (non-hydrogen) atoms. The van der Waals surface area contributed by atoms with Crippen molar-refractivity contribution in [2.45, 2.75) is 19.9 Å². The maximum absolute atomic E-state index is 13.6. The number of rotatable bonds is 5. The molecular weight excluding hydrogens is 257 g/mol. The average molecular weight is 277 g/mol. The van der Waals surface area contributed by atoms with Gasteiger partial charge in [-0.25, -0.2) is 4.39 Å². The van der Waals surface area contributed by atoms with E-state index in [1.54, 1.807) is 30.1 Å². The van der Waals surface area contributed by atoms with Gasteiger partial charge >= 0.3 is 0 Å². The Balaban J connectivity index is 2.56. The van der Waals surface area contributed by atoms with Gasteiger partial charge in [0.25, 0.3) is 0 Å². The first-order chi connectivity index (χ1) is 9.58. The van der Waals surface area contributed by atoms with E-state index >= 15 is 0 Å². The van der Waals surface area contributed by atoms with Gasteiger partial charge in [0, 0.05) is 7.05 Å². The van der Waals surface area contributed by atoms with E-state index in [4.69, 9.17) is 4.74 Å². The highest BCUT2D eigenvalue weighted by molar-refractivity contribution is 5.40. The van der Waals surface area contributed by atoms with Crippen LogP contribution in [0.3, 0.4) is 0 Å². The van der Waals surface area contributed by atoms with Crippen LogP contribution < -0.4 is 10.1 Å². The Bertz CT molecular complexity index is 595. The van der Waals surface area contributed by atoms with E-state index in [1.807, 2.05) is 20.9 Å². The summed E-state index contributed by atoms with van der Waals surface area (Å²) in [4.78, 5) is 0. The van der Waals surface area contributed by atoms with Gasteiger partial charge in [0.05, 0.1) is 19.3 Å². The van der Waals surface area contributed by atoms with Crippen LogP contribution in [0.1, 0.15) is 29.8 Å². The molecule has 1 unspecified atom stereocenters. The molecule has 0 fully saturated rings. The standard InChI is InChI=1S/C15H20FN3O/c1-5-17-14(12-8-11(16)7-6-10(12)2)15-13(20-4)9-18-19(15)3/h6-9,14,17H,5H2,1-4H3. The highest BCUT2D eigenvalue weighted by Crippen LogP contribution is 2.31. The van der Waals surface area contributed by atoms with Crippen molar-refractivity contribution in [3.63, 3.8) is 0 Å². The van der Waals surface area contributed by atoms with Gasteiger partial charge in [0.2, 0.25) is 0 Å². The first-order valence-electron chi connectivity index (χ1n) is 6.63. The zero-order valence-electron chi connectivity index (χ0n) is 12.3. The Morgan fingerprint density at radius 2 is 2.20 bits per heavy atom. The predicted octanol–water partition coefficient (Wildman–Crippen LogP) is 2.58. The van der Waals surface area contributed by atoms with Crippen molar-refractivity contribution in [2.24, 2.45) is 7.05 Å². The van der Waals surface area contributed by atoms with Crippen molar-refractivity contribution in [3.8, 4) is 5.75 Å². The third-order valence-corrected chi connectivity index (χ3v) is 3.40. The van der Waals surface area contributed by atoms with Crippen molar-refractivity contribution >= 4 is 0 Å². The van der Waals surface area contributed by atoms with E-state index < -0.39 is 0 Å². The molecule has 0 aliphatic rings. The summed E-state index contributed by atoms with van der Waals surface area (Å²) >= 11 is 0. The summed E-state index contributed by atoms with van der Waals surface area (Å²) in [7, 11) is 3.47. The fourth-order valence-electron chi connectivity index (χ4n) is 2.39. The van der Waals surface area contributed by atoms with Gasteiger partial charge in [0.1, 0.15) is 11.5 Å². The smallest absolute Gasteiger partial charge is 0.161 e. The molecule has 1 heterocycles. The van der Waals surface area contributed by atoms with Gasteiger partial charge in [0.15, 0.2) is 5.75 Å². The SMILES string of the molecule is CCNC(c1cc(F)ccc1C)c1c(OC)cnn1C. The van der Waals surface area contributed by atoms with Crippen LogP contribution in [0.5, 0.6) is 5.75 Å². The highest BCUT2D eigenvalue weighted by atomic mass is 19.1. The molecule has 5 heteroatoms. The molecule has 1 N–H and O–H groups in total. The minimum Gasteiger partial charge on any atom is -0.493 e. The second-order valence-corrected chi connectivity index (χ2v) is 4.71. The summed E-state index contributed by atoms with van der Waals surface area (Å²) in [5.74, 6) is 0.455. The van der Waals surface area contributed by atoms with Crippen LogP contribution in [-0.2, 0) is 7.05 Å². The number of nitrogens with one attached hydrogen (secondary N) is 1. The second kappa shape index (κ2) is 6.05. The van der Waals surface area contributed by atoms with Crippen LogP contribution in [0.15, 0.2) is 24.4 Å². The lowest BCUT2D eigenvalue weighted by Gasteiger charge is -2.21. The summed E-state index contributed by atoms with van der Waals surface area (Å²) in [6.07, 6.45) is 1.67. The third-order valence-electron chi connectivity index (χ3n) is 3.40. The van der Waals surface area contributed by atoms with E-state index in [0.717, 1.165) is 23.4 Å². The van der Waals surface area contributed by atoms with E-state index in [2.05, 4.69) is 10.4 Å². The molecule has 0 saturated heterocycles. The minimum atomic E-state index is -0.241. The van der Waals surface area contributed by atoms with E-state index in [0.29, 0.717) is 5.75 Å². The number of aryl methyl sites for hydroxylation is 2. The van der Waals surface area contributed by atoms with Crippen LogP contribution in [0.2, 0.25) is 0 Å². The van der Waals surface area contributed by atoms with Crippen molar-refractivity contribution in [3.05, 3.63) is 47.0 Å². The van der Waals surface area contributed by atoms with Gasteiger partial charge in [-0.3, -0.25) is 4.68 Å². The number of halogens is 1. The number of hydrogen-bond donors (Lipinski definition) is 1. The number of aromatic nitrogens is 2. The maximum atomic E-state index is 13.6. The molecule has 0 bridgehead atoms. The van der Waals surface area contributed by atoms with Crippen molar-refractivity contribution in [1.29, 1.82) is 0 Å². The number of benzene rings is 1. The monoisotopic (exact) mass is 277 g/mol. The lowest BCUT2D eigenvalue weighted by molar-refractivity contribution is 0.401. The molecule has 0 aliphatic carbocycles. The Labute approximate surface area is 118 Å². The van der Waals surface area contributed by atoms with E-state index in [-0.39, 0.29) is 11.9 Å². The normalized spacial score (nSPS) is 12.4. The minimum absolute atomic E-state index is 0.154. The van der Waals surface area contributed by atoms with Gasteiger partial charge in [-0.1, -0.05) is 13.0 Å². The number of hydrogen-bond acceptors (Lipinski definition) is 3. The van der Waals surface area contributed by atoms with E-state index in [1.165, 1.54) is 6.07 Å². The molecule has 1 aromatic carbocycles. The maximum Gasteiger partial charge on any atom is 0.161 e. The second-order valence-electron chi connectivity index (χ2n) is 4.71. The van der Waals surface area contributed by atoms with Crippen molar-refractivity contribution < 1.29 is 9.13 Å². The first-order valence-corrected chi connectivity index (χ1v) is 6.63. The molecule has 4 nitrogen and oxygen atoms in total. The Morgan fingerprint density at radius 1 is 1.45 bits per heavy atom. The summed E-state index contributed by atoms with van der Waals surface area (Å²) < 4.78 is 20.7. The largest absolute Gasteiger partial charge is 0.493 e. The lowest BCUT2D eigenvalue weighted by atomic mass is 9.98.